The highest BCUT2D eigenvalue weighted by Gasteiger charge is 2.53. The van der Waals surface area contributed by atoms with Crippen molar-refractivity contribution in [1.29, 1.82) is 0 Å². The van der Waals surface area contributed by atoms with E-state index in [0.717, 1.165) is 28.4 Å². The third-order valence-corrected chi connectivity index (χ3v) is 9.50. The van der Waals surface area contributed by atoms with E-state index in [1.807, 2.05) is 13.0 Å². The predicted molar refractivity (Wildman–Crippen MR) is 172 cm³/mol. The summed E-state index contributed by atoms with van der Waals surface area (Å²) in [7, 11) is -0.473. The quantitative estimate of drug-likeness (QED) is 0.195. The molecule has 1 aromatic heterocycles. The molecular formula is C38H33BO3. The van der Waals surface area contributed by atoms with Gasteiger partial charge in [-0.15, -0.1) is 0 Å². The molecule has 1 spiro atoms. The van der Waals surface area contributed by atoms with Gasteiger partial charge in [-0.1, -0.05) is 97.9 Å². The lowest BCUT2D eigenvalue weighted by atomic mass is 9.68. The average molecular weight is 548 g/mol. The number of para-hydroxylation sites is 1. The van der Waals surface area contributed by atoms with Crippen LogP contribution in [0.3, 0.4) is 0 Å². The molecular weight excluding hydrogens is 515 g/mol. The molecule has 0 aliphatic heterocycles. The van der Waals surface area contributed by atoms with Gasteiger partial charge in [-0.25, -0.2) is 0 Å². The van der Waals surface area contributed by atoms with Crippen molar-refractivity contribution in [3.8, 4) is 22.3 Å². The van der Waals surface area contributed by atoms with E-state index in [0.29, 0.717) is 6.61 Å². The van der Waals surface area contributed by atoms with Crippen LogP contribution in [0.1, 0.15) is 56.4 Å². The number of hydrogen-bond acceptors (Lipinski definition) is 3. The summed E-state index contributed by atoms with van der Waals surface area (Å²) in [6.07, 6.45) is 0.890. The van der Waals surface area contributed by atoms with Crippen LogP contribution < -0.4 is 5.46 Å². The van der Waals surface area contributed by atoms with Crippen molar-refractivity contribution in [2.24, 2.45) is 0 Å². The van der Waals surface area contributed by atoms with Crippen LogP contribution in [-0.4, -0.2) is 19.3 Å². The first-order chi connectivity index (χ1) is 20.5. The topological polar surface area (TPSA) is 31.6 Å². The second kappa shape index (κ2) is 9.19. The van der Waals surface area contributed by atoms with E-state index in [9.17, 15) is 0 Å². The average Bonchev–Trinajstić information content (AvgIpc) is 3.64. The van der Waals surface area contributed by atoms with Crippen molar-refractivity contribution in [3.05, 3.63) is 125 Å². The summed E-state index contributed by atoms with van der Waals surface area (Å²) in [4.78, 5) is 0. The van der Waals surface area contributed by atoms with Gasteiger partial charge in [-0.2, -0.15) is 0 Å². The fourth-order valence-corrected chi connectivity index (χ4v) is 7.43. The fourth-order valence-electron chi connectivity index (χ4n) is 7.43. The van der Waals surface area contributed by atoms with Crippen molar-refractivity contribution in [3.63, 3.8) is 0 Å². The van der Waals surface area contributed by atoms with Crippen LogP contribution in [0.15, 0.2) is 108 Å². The summed E-state index contributed by atoms with van der Waals surface area (Å²) < 4.78 is 19.4. The third-order valence-electron chi connectivity index (χ3n) is 9.50. The maximum atomic E-state index is 6.70. The third kappa shape index (κ3) is 3.31. The Bertz CT molecular complexity index is 2020. The van der Waals surface area contributed by atoms with Crippen molar-refractivity contribution in [2.75, 3.05) is 6.61 Å². The normalized spacial score (nSPS) is 16.6. The molecule has 0 radical (unpaired) electrons. The molecule has 0 amide bonds. The molecule has 0 saturated carbocycles. The Morgan fingerprint density at radius 1 is 0.667 bits per heavy atom. The van der Waals surface area contributed by atoms with Crippen LogP contribution in [0.25, 0.3) is 44.2 Å². The maximum absolute atomic E-state index is 6.70. The molecule has 6 aromatic rings. The molecule has 4 heteroatoms. The van der Waals surface area contributed by atoms with Crippen LogP contribution in [0.5, 0.6) is 0 Å². The Morgan fingerprint density at radius 2 is 1.31 bits per heavy atom. The summed E-state index contributed by atoms with van der Waals surface area (Å²) in [6, 6.07) is 37.4. The molecule has 3 nitrogen and oxygen atoms in total. The van der Waals surface area contributed by atoms with Crippen LogP contribution in [-0.2, 0) is 14.7 Å². The van der Waals surface area contributed by atoms with E-state index in [1.54, 1.807) is 0 Å². The van der Waals surface area contributed by atoms with Gasteiger partial charge in [-0.3, -0.25) is 0 Å². The summed E-state index contributed by atoms with van der Waals surface area (Å²) in [5.41, 5.74) is 12.3. The van der Waals surface area contributed by atoms with E-state index in [-0.39, 0.29) is 5.60 Å². The minimum Gasteiger partial charge on any atom is -0.456 e. The summed E-state index contributed by atoms with van der Waals surface area (Å²) >= 11 is 0. The van der Waals surface area contributed by atoms with Crippen molar-refractivity contribution in [2.45, 2.75) is 45.1 Å². The Kier molecular flexibility index (Phi) is 5.60. The predicted octanol–water partition coefficient (Wildman–Crippen LogP) is 8.87. The minimum absolute atomic E-state index is 0.321. The van der Waals surface area contributed by atoms with Crippen molar-refractivity contribution < 1.29 is 13.7 Å². The molecule has 0 fully saturated rings. The molecule has 0 bridgehead atoms. The lowest BCUT2D eigenvalue weighted by Crippen LogP contribution is -2.44. The second-order valence-electron chi connectivity index (χ2n) is 12.1. The van der Waals surface area contributed by atoms with Gasteiger partial charge in [0.2, 0.25) is 0 Å². The van der Waals surface area contributed by atoms with Gasteiger partial charge in [0.25, 0.3) is 0 Å². The maximum Gasteiger partial charge on any atom is 0.494 e. The lowest BCUT2D eigenvalue weighted by molar-refractivity contribution is 0.0707. The van der Waals surface area contributed by atoms with Crippen molar-refractivity contribution in [1.82, 2.24) is 0 Å². The molecule has 1 unspecified atom stereocenters. The van der Waals surface area contributed by atoms with Gasteiger partial charge in [0.05, 0.1) is 5.41 Å². The zero-order valence-corrected chi connectivity index (χ0v) is 24.5. The second-order valence-corrected chi connectivity index (χ2v) is 12.1. The summed E-state index contributed by atoms with van der Waals surface area (Å²) in [5, 5.41) is 2.35. The fraction of sp³-hybridized carbons (Fsp3) is 0.211. The Labute approximate surface area is 247 Å². The highest BCUT2D eigenvalue weighted by Crippen LogP contribution is 2.63. The standard InChI is InChI=1S/C38H33BO3/c1-5-37(3,4)42-39(40-6-2)31-20-13-19-29-34(31)24-14-7-10-17-27(24)38(29)28-18-11-8-15-25(28)35-30(38)22-23-33-36(35)26-16-9-12-21-32(26)41-33/h7-23H,5-6H2,1-4H3. The van der Waals surface area contributed by atoms with E-state index < -0.39 is 12.5 Å². The molecule has 0 saturated heterocycles. The zero-order valence-electron chi connectivity index (χ0n) is 24.5. The SMILES string of the molecule is CCOB(OC(C)(C)CC)c1cccc2c1-c1ccccc1C21c2ccccc2-c2c1ccc1oc3ccccc3c21. The van der Waals surface area contributed by atoms with E-state index >= 15 is 0 Å². The van der Waals surface area contributed by atoms with Gasteiger partial charge in [-0.05, 0) is 89.3 Å². The molecule has 0 N–H and O–H groups in total. The van der Waals surface area contributed by atoms with Crippen LogP contribution in [0.2, 0.25) is 0 Å². The minimum atomic E-state index is -0.473. The van der Waals surface area contributed by atoms with Gasteiger partial charge in [0.15, 0.2) is 0 Å². The largest absolute Gasteiger partial charge is 0.494 e. The molecule has 5 aromatic carbocycles. The molecule has 206 valence electrons. The van der Waals surface area contributed by atoms with Gasteiger partial charge in [0.1, 0.15) is 11.2 Å². The Morgan fingerprint density at radius 3 is 2.05 bits per heavy atom. The van der Waals surface area contributed by atoms with E-state index in [4.69, 9.17) is 13.7 Å². The molecule has 2 aliphatic carbocycles. The molecule has 2 aliphatic rings. The van der Waals surface area contributed by atoms with Crippen LogP contribution in [0, 0.1) is 0 Å². The first-order valence-corrected chi connectivity index (χ1v) is 15.1. The van der Waals surface area contributed by atoms with E-state index in [2.05, 4.69) is 118 Å². The van der Waals surface area contributed by atoms with Crippen LogP contribution in [0.4, 0.5) is 0 Å². The molecule has 1 atom stereocenters. The number of furan rings is 1. The molecule has 1 heterocycles. The molecule has 8 rings (SSSR count). The molecule has 42 heavy (non-hydrogen) atoms. The van der Waals surface area contributed by atoms with Crippen molar-refractivity contribution >= 4 is 34.5 Å². The number of fused-ring (bicyclic) bond motifs is 14. The first-order valence-electron chi connectivity index (χ1n) is 15.1. The Balaban J connectivity index is 1.49. The highest BCUT2D eigenvalue weighted by molar-refractivity contribution is 6.63. The number of hydrogen-bond donors (Lipinski definition) is 0. The zero-order chi connectivity index (χ0) is 28.6. The highest BCUT2D eigenvalue weighted by atomic mass is 16.6. The summed E-state index contributed by atoms with van der Waals surface area (Å²) in [6.45, 7) is 9.05. The number of rotatable bonds is 6. The smallest absolute Gasteiger partial charge is 0.456 e. The van der Waals surface area contributed by atoms with Gasteiger partial charge >= 0.3 is 7.12 Å². The monoisotopic (exact) mass is 548 g/mol. The number of benzene rings is 5. The van der Waals surface area contributed by atoms with Gasteiger partial charge < -0.3 is 13.7 Å². The Hall–Kier alpha value is -4.12. The summed E-state index contributed by atoms with van der Waals surface area (Å²) in [5.74, 6) is 0. The van der Waals surface area contributed by atoms with Gasteiger partial charge in [0, 0.05) is 23.0 Å². The van der Waals surface area contributed by atoms with Crippen LogP contribution >= 0.6 is 0 Å². The first kappa shape index (κ1) is 25.6. The van der Waals surface area contributed by atoms with E-state index in [1.165, 1.54) is 49.9 Å². The lowest BCUT2D eigenvalue weighted by Gasteiger charge is -2.31.